The SMILES string of the molecule is N#Cc1ccc(-n2cn[nH]c2=S)c(Cl)c1. The van der Waals surface area contributed by atoms with Crippen molar-refractivity contribution in [2.24, 2.45) is 0 Å². The van der Waals surface area contributed by atoms with Gasteiger partial charge in [0.2, 0.25) is 0 Å². The van der Waals surface area contributed by atoms with Crippen LogP contribution in [0.4, 0.5) is 0 Å². The summed E-state index contributed by atoms with van der Waals surface area (Å²) in [5, 5.41) is 15.6. The molecule has 0 aliphatic carbocycles. The molecule has 0 unspecified atom stereocenters. The second-order valence-corrected chi connectivity index (χ2v) is 3.60. The molecule has 4 nitrogen and oxygen atoms in total. The van der Waals surface area contributed by atoms with E-state index in [9.17, 15) is 0 Å². The Morgan fingerprint density at radius 2 is 2.33 bits per heavy atom. The van der Waals surface area contributed by atoms with Gasteiger partial charge < -0.3 is 0 Å². The molecule has 0 saturated heterocycles. The summed E-state index contributed by atoms with van der Waals surface area (Å²) >= 11 is 11.0. The highest BCUT2D eigenvalue weighted by Gasteiger charge is 2.04. The van der Waals surface area contributed by atoms with Gasteiger partial charge in [-0.1, -0.05) is 11.6 Å². The molecule has 15 heavy (non-hydrogen) atoms. The molecule has 0 amide bonds. The van der Waals surface area contributed by atoms with Crippen molar-refractivity contribution < 1.29 is 0 Å². The first-order valence-electron chi connectivity index (χ1n) is 4.04. The van der Waals surface area contributed by atoms with Gasteiger partial charge in [-0.3, -0.25) is 9.67 Å². The number of hydrogen-bond donors (Lipinski definition) is 1. The van der Waals surface area contributed by atoms with Crippen molar-refractivity contribution in [3.8, 4) is 11.8 Å². The maximum absolute atomic E-state index is 8.68. The quantitative estimate of drug-likeness (QED) is 0.774. The number of rotatable bonds is 1. The molecule has 1 aromatic heterocycles. The van der Waals surface area contributed by atoms with Crippen LogP contribution in [0.5, 0.6) is 0 Å². The van der Waals surface area contributed by atoms with Crippen LogP contribution in [0.2, 0.25) is 5.02 Å². The van der Waals surface area contributed by atoms with Gasteiger partial charge in [0.25, 0.3) is 0 Å². The monoisotopic (exact) mass is 236 g/mol. The Morgan fingerprint density at radius 1 is 1.53 bits per heavy atom. The molecule has 2 aromatic rings. The van der Waals surface area contributed by atoms with Crippen molar-refractivity contribution in [2.75, 3.05) is 0 Å². The van der Waals surface area contributed by atoms with Gasteiger partial charge in [-0.15, -0.1) is 0 Å². The Morgan fingerprint density at radius 3 is 2.87 bits per heavy atom. The molecule has 1 N–H and O–H groups in total. The summed E-state index contributed by atoms with van der Waals surface area (Å²) < 4.78 is 2.10. The normalized spacial score (nSPS) is 9.87. The number of benzene rings is 1. The van der Waals surface area contributed by atoms with Crippen LogP contribution in [0.25, 0.3) is 5.69 Å². The van der Waals surface area contributed by atoms with Crippen molar-refractivity contribution >= 4 is 23.8 Å². The van der Waals surface area contributed by atoms with Gasteiger partial charge in [0, 0.05) is 0 Å². The Balaban J connectivity index is 2.61. The van der Waals surface area contributed by atoms with Crippen LogP contribution in [-0.2, 0) is 0 Å². The van der Waals surface area contributed by atoms with Crippen LogP contribution in [0, 0.1) is 16.1 Å². The highest BCUT2D eigenvalue weighted by molar-refractivity contribution is 7.71. The standard InChI is InChI=1S/C9H5ClN4S/c10-7-3-6(4-11)1-2-8(7)14-5-12-13-9(14)15/h1-3,5H,(H,13,15). The largest absolute Gasteiger partial charge is 0.273 e. The first-order chi connectivity index (χ1) is 7.22. The maximum Gasteiger partial charge on any atom is 0.199 e. The molecule has 2 rings (SSSR count). The number of nitrogens with zero attached hydrogens (tertiary/aromatic N) is 3. The molecular formula is C9H5ClN4S. The van der Waals surface area contributed by atoms with E-state index < -0.39 is 0 Å². The fraction of sp³-hybridized carbons (Fsp3) is 0. The molecule has 0 aliphatic rings. The minimum Gasteiger partial charge on any atom is -0.273 e. The Kier molecular flexibility index (Phi) is 2.54. The van der Waals surface area contributed by atoms with Gasteiger partial charge in [0.1, 0.15) is 6.33 Å². The lowest BCUT2D eigenvalue weighted by Crippen LogP contribution is -1.93. The van der Waals surface area contributed by atoms with Crippen molar-refractivity contribution in [1.82, 2.24) is 14.8 Å². The number of aromatic nitrogens is 3. The second-order valence-electron chi connectivity index (χ2n) is 2.81. The zero-order chi connectivity index (χ0) is 10.8. The van der Waals surface area contributed by atoms with E-state index in [-0.39, 0.29) is 0 Å². The van der Waals surface area contributed by atoms with Crippen molar-refractivity contribution in [3.63, 3.8) is 0 Å². The summed E-state index contributed by atoms with van der Waals surface area (Å²) in [4.78, 5) is 0. The van der Waals surface area contributed by atoms with Gasteiger partial charge in [0.15, 0.2) is 4.77 Å². The van der Waals surface area contributed by atoms with E-state index in [1.54, 1.807) is 22.8 Å². The van der Waals surface area contributed by atoms with Gasteiger partial charge in [-0.25, -0.2) is 0 Å². The summed E-state index contributed by atoms with van der Waals surface area (Å²) in [6.45, 7) is 0. The Bertz CT molecular complexity index is 593. The minimum atomic E-state index is 0.460. The average molecular weight is 237 g/mol. The summed E-state index contributed by atoms with van der Waals surface area (Å²) in [7, 11) is 0. The number of hydrogen-bond acceptors (Lipinski definition) is 3. The highest BCUT2D eigenvalue weighted by Crippen LogP contribution is 2.21. The van der Waals surface area contributed by atoms with Crippen LogP contribution in [0.1, 0.15) is 5.56 Å². The van der Waals surface area contributed by atoms with Crippen LogP contribution in [-0.4, -0.2) is 14.8 Å². The molecule has 0 aliphatic heterocycles. The van der Waals surface area contributed by atoms with Crippen LogP contribution in [0.3, 0.4) is 0 Å². The smallest absolute Gasteiger partial charge is 0.199 e. The van der Waals surface area contributed by atoms with E-state index >= 15 is 0 Å². The minimum absolute atomic E-state index is 0.460. The van der Waals surface area contributed by atoms with Crippen LogP contribution in [0.15, 0.2) is 24.5 Å². The van der Waals surface area contributed by atoms with E-state index in [2.05, 4.69) is 10.2 Å². The third-order valence-corrected chi connectivity index (χ3v) is 2.48. The highest BCUT2D eigenvalue weighted by atomic mass is 35.5. The van der Waals surface area contributed by atoms with Crippen LogP contribution >= 0.6 is 23.8 Å². The average Bonchev–Trinajstić information content (AvgIpc) is 2.64. The molecule has 0 fully saturated rings. The molecular weight excluding hydrogens is 232 g/mol. The summed E-state index contributed by atoms with van der Waals surface area (Å²) in [6.07, 6.45) is 1.54. The van der Waals surface area contributed by atoms with Gasteiger partial charge in [-0.05, 0) is 30.4 Å². The molecule has 0 atom stereocenters. The third kappa shape index (κ3) is 1.77. The Hall–Kier alpha value is -1.64. The predicted octanol–water partition coefficient (Wildman–Crippen LogP) is 2.45. The number of nitrogens with one attached hydrogen (secondary N) is 1. The molecule has 6 heteroatoms. The lowest BCUT2D eigenvalue weighted by Gasteiger charge is -2.03. The second kappa shape index (κ2) is 3.85. The number of halogens is 1. The zero-order valence-corrected chi connectivity index (χ0v) is 9.01. The number of aromatic amines is 1. The molecule has 0 spiro atoms. The molecule has 0 saturated carbocycles. The van der Waals surface area contributed by atoms with Crippen molar-refractivity contribution in [3.05, 3.63) is 39.9 Å². The van der Waals surface area contributed by atoms with Crippen LogP contribution < -0.4 is 0 Å². The van der Waals surface area contributed by atoms with E-state index in [1.165, 1.54) is 6.33 Å². The summed E-state index contributed by atoms with van der Waals surface area (Å²) in [5.41, 5.74) is 1.22. The number of nitriles is 1. The predicted molar refractivity (Wildman–Crippen MR) is 58.5 cm³/mol. The topological polar surface area (TPSA) is 57.4 Å². The van der Waals surface area contributed by atoms with E-state index in [0.717, 1.165) is 0 Å². The molecule has 0 bridgehead atoms. The van der Waals surface area contributed by atoms with Gasteiger partial charge >= 0.3 is 0 Å². The van der Waals surface area contributed by atoms with E-state index in [4.69, 9.17) is 29.1 Å². The van der Waals surface area contributed by atoms with Crippen molar-refractivity contribution in [2.45, 2.75) is 0 Å². The molecule has 0 radical (unpaired) electrons. The van der Waals surface area contributed by atoms with E-state index in [1.807, 2.05) is 6.07 Å². The fourth-order valence-corrected chi connectivity index (χ4v) is 1.66. The lowest BCUT2D eigenvalue weighted by atomic mass is 10.2. The molecule has 1 aromatic carbocycles. The maximum atomic E-state index is 8.68. The van der Waals surface area contributed by atoms with E-state index in [0.29, 0.717) is 21.0 Å². The summed E-state index contributed by atoms with van der Waals surface area (Å²) in [5.74, 6) is 0. The molecule has 74 valence electrons. The summed E-state index contributed by atoms with van der Waals surface area (Å²) in [6, 6.07) is 7.01. The first-order valence-corrected chi connectivity index (χ1v) is 4.83. The third-order valence-electron chi connectivity index (χ3n) is 1.89. The Labute approximate surface area is 95.7 Å². The van der Waals surface area contributed by atoms with Crippen molar-refractivity contribution in [1.29, 1.82) is 5.26 Å². The van der Waals surface area contributed by atoms with Gasteiger partial charge in [0.05, 0.1) is 22.3 Å². The first kappa shape index (κ1) is 9.90. The fourth-order valence-electron chi connectivity index (χ4n) is 1.19. The lowest BCUT2D eigenvalue weighted by molar-refractivity contribution is 1.03. The number of H-pyrrole nitrogens is 1. The molecule has 1 heterocycles. The zero-order valence-electron chi connectivity index (χ0n) is 7.44. The van der Waals surface area contributed by atoms with Gasteiger partial charge in [-0.2, -0.15) is 10.4 Å².